The summed E-state index contributed by atoms with van der Waals surface area (Å²) in [6.07, 6.45) is 3.67. The Morgan fingerprint density at radius 3 is 2.06 bits per heavy atom. The number of thiol groups is 1. The Kier molecular flexibility index (Phi) is 15.4. The zero-order valence-electron chi connectivity index (χ0n) is 18.4. The van der Waals surface area contributed by atoms with E-state index in [1.807, 2.05) is 6.26 Å². The molecule has 0 aliphatic heterocycles. The Balaban J connectivity index is 5.26. The Morgan fingerprint density at radius 1 is 0.968 bits per heavy atom. The summed E-state index contributed by atoms with van der Waals surface area (Å²) in [5.41, 5.74) is 11.1. The van der Waals surface area contributed by atoms with Gasteiger partial charge < -0.3 is 32.5 Å². The van der Waals surface area contributed by atoms with Crippen LogP contribution in [0.15, 0.2) is 0 Å². The van der Waals surface area contributed by atoms with Crippen molar-refractivity contribution < 1.29 is 24.3 Å². The SMILES string of the molecule is CSCCC(NC(=O)C(N)CS)C(=O)NC(C(=O)NC(CCCCN)C(=O)O)C(C)C. The predicted molar refractivity (Wildman–Crippen MR) is 126 cm³/mol. The van der Waals surface area contributed by atoms with Gasteiger partial charge in [0.05, 0.1) is 6.04 Å². The molecule has 31 heavy (non-hydrogen) atoms. The molecule has 0 aromatic carbocycles. The highest BCUT2D eigenvalue weighted by atomic mass is 32.2. The molecule has 0 bridgehead atoms. The number of nitrogens with one attached hydrogen (secondary N) is 3. The molecule has 0 aliphatic carbocycles. The average molecular weight is 480 g/mol. The summed E-state index contributed by atoms with van der Waals surface area (Å²) in [4.78, 5) is 49.2. The number of unbranched alkanes of at least 4 members (excludes halogenated alkanes) is 1. The van der Waals surface area contributed by atoms with Gasteiger partial charge in [-0.25, -0.2) is 4.79 Å². The summed E-state index contributed by atoms with van der Waals surface area (Å²) in [5, 5.41) is 17.1. The first-order chi connectivity index (χ1) is 14.6. The van der Waals surface area contributed by atoms with Gasteiger partial charge in [0.2, 0.25) is 17.7 Å². The lowest BCUT2D eigenvalue weighted by atomic mass is 10.0. The first-order valence-electron chi connectivity index (χ1n) is 10.3. The van der Waals surface area contributed by atoms with E-state index in [1.54, 1.807) is 13.8 Å². The van der Waals surface area contributed by atoms with Gasteiger partial charge in [0.15, 0.2) is 0 Å². The number of carboxylic acids is 1. The van der Waals surface area contributed by atoms with Crippen molar-refractivity contribution >= 4 is 48.1 Å². The maximum atomic E-state index is 12.8. The van der Waals surface area contributed by atoms with E-state index in [4.69, 9.17) is 11.5 Å². The maximum Gasteiger partial charge on any atom is 0.326 e. The number of rotatable bonds is 16. The van der Waals surface area contributed by atoms with Gasteiger partial charge >= 0.3 is 5.97 Å². The fraction of sp³-hybridized carbons (Fsp3) is 0.789. The van der Waals surface area contributed by atoms with Crippen molar-refractivity contribution in [3.05, 3.63) is 0 Å². The number of carbonyl (C=O) groups excluding carboxylic acids is 3. The summed E-state index contributed by atoms with van der Waals surface area (Å²) in [6, 6.07) is -3.77. The smallest absolute Gasteiger partial charge is 0.326 e. The van der Waals surface area contributed by atoms with E-state index in [9.17, 15) is 24.3 Å². The van der Waals surface area contributed by atoms with Crippen molar-refractivity contribution in [3.8, 4) is 0 Å². The van der Waals surface area contributed by atoms with Crippen LogP contribution in [0.2, 0.25) is 0 Å². The van der Waals surface area contributed by atoms with Gasteiger partial charge in [-0.3, -0.25) is 14.4 Å². The van der Waals surface area contributed by atoms with Crippen LogP contribution in [0.1, 0.15) is 39.5 Å². The summed E-state index contributed by atoms with van der Waals surface area (Å²) >= 11 is 5.50. The minimum atomic E-state index is -1.15. The molecule has 0 aromatic rings. The van der Waals surface area contributed by atoms with Crippen molar-refractivity contribution in [3.63, 3.8) is 0 Å². The molecular formula is C19H37N5O5S2. The number of nitrogens with two attached hydrogens (primary N) is 2. The van der Waals surface area contributed by atoms with Crippen molar-refractivity contribution in [2.24, 2.45) is 17.4 Å². The number of aliphatic carboxylic acids is 1. The number of thioether (sulfide) groups is 1. The topological polar surface area (TPSA) is 177 Å². The minimum absolute atomic E-state index is 0.125. The van der Waals surface area contributed by atoms with Crippen LogP contribution in [-0.2, 0) is 19.2 Å². The van der Waals surface area contributed by atoms with Crippen LogP contribution in [0.25, 0.3) is 0 Å². The van der Waals surface area contributed by atoms with Crippen molar-refractivity contribution in [2.75, 3.05) is 24.3 Å². The predicted octanol–water partition coefficient (Wildman–Crippen LogP) is -0.679. The number of hydrogen-bond acceptors (Lipinski definition) is 8. The fourth-order valence-corrected chi connectivity index (χ4v) is 3.30. The van der Waals surface area contributed by atoms with Gasteiger partial charge in [-0.2, -0.15) is 24.4 Å². The molecule has 4 unspecified atom stereocenters. The lowest BCUT2D eigenvalue weighted by Crippen LogP contribution is -2.58. The molecule has 4 atom stereocenters. The third-order valence-corrected chi connectivity index (χ3v) is 5.62. The van der Waals surface area contributed by atoms with E-state index in [0.29, 0.717) is 31.6 Å². The molecule has 12 heteroatoms. The number of amides is 3. The summed E-state index contributed by atoms with van der Waals surface area (Å²) in [7, 11) is 0. The highest BCUT2D eigenvalue weighted by molar-refractivity contribution is 7.98. The first-order valence-corrected chi connectivity index (χ1v) is 12.3. The number of carbonyl (C=O) groups is 4. The molecule has 0 aliphatic rings. The molecule has 0 radical (unpaired) electrons. The van der Waals surface area contributed by atoms with Crippen molar-refractivity contribution in [1.29, 1.82) is 0 Å². The highest BCUT2D eigenvalue weighted by Crippen LogP contribution is 2.08. The van der Waals surface area contributed by atoms with Gasteiger partial charge in [0.25, 0.3) is 0 Å². The molecular weight excluding hydrogens is 442 g/mol. The van der Waals surface area contributed by atoms with Crippen LogP contribution in [0.3, 0.4) is 0 Å². The average Bonchev–Trinajstić information content (AvgIpc) is 2.72. The van der Waals surface area contributed by atoms with Crippen LogP contribution >= 0.6 is 24.4 Å². The number of hydrogen-bond donors (Lipinski definition) is 7. The van der Waals surface area contributed by atoms with Crippen LogP contribution < -0.4 is 27.4 Å². The maximum absolute atomic E-state index is 12.8. The minimum Gasteiger partial charge on any atom is -0.480 e. The van der Waals surface area contributed by atoms with Gasteiger partial charge in [0.1, 0.15) is 18.1 Å². The fourth-order valence-electron chi connectivity index (χ4n) is 2.67. The Morgan fingerprint density at radius 2 is 1.58 bits per heavy atom. The molecule has 0 fully saturated rings. The molecule has 8 N–H and O–H groups in total. The normalized spacial score (nSPS) is 14.9. The molecule has 0 aromatic heterocycles. The van der Waals surface area contributed by atoms with Gasteiger partial charge in [0, 0.05) is 5.75 Å². The lowest BCUT2D eigenvalue weighted by Gasteiger charge is -2.27. The molecule has 0 saturated carbocycles. The van der Waals surface area contributed by atoms with E-state index in [0.717, 1.165) is 0 Å². The molecule has 10 nitrogen and oxygen atoms in total. The second-order valence-corrected chi connectivity index (χ2v) is 8.90. The van der Waals surface area contributed by atoms with Crippen molar-refractivity contribution in [1.82, 2.24) is 16.0 Å². The Labute approximate surface area is 193 Å². The third kappa shape index (κ3) is 11.6. The van der Waals surface area contributed by atoms with E-state index < -0.39 is 47.9 Å². The molecule has 0 spiro atoms. The monoisotopic (exact) mass is 479 g/mol. The summed E-state index contributed by atoms with van der Waals surface area (Å²) in [5.74, 6) is -2.35. The van der Waals surface area contributed by atoms with E-state index in [2.05, 4.69) is 28.6 Å². The van der Waals surface area contributed by atoms with Gasteiger partial charge in [-0.15, -0.1) is 0 Å². The molecule has 180 valence electrons. The molecule has 0 heterocycles. The Bertz CT molecular complexity index is 594. The largest absolute Gasteiger partial charge is 0.480 e. The standard InChI is InChI=1S/C19H37N5O5S2/c1-11(2)15(18(27)23-14(19(28)29)6-4-5-8-20)24-17(26)13(7-9-31-3)22-16(25)12(21)10-30/h11-15,30H,4-10,20-21H2,1-3H3,(H,22,25)(H,23,27)(H,24,26)(H,28,29). The molecule has 3 amide bonds. The van der Waals surface area contributed by atoms with E-state index in [-0.39, 0.29) is 18.1 Å². The highest BCUT2D eigenvalue weighted by Gasteiger charge is 2.31. The second kappa shape index (κ2) is 16.2. The van der Waals surface area contributed by atoms with Crippen LogP contribution in [0.4, 0.5) is 0 Å². The van der Waals surface area contributed by atoms with Crippen LogP contribution in [-0.4, -0.2) is 77.3 Å². The van der Waals surface area contributed by atoms with Crippen LogP contribution in [0, 0.1) is 5.92 Å². The molecule has 0 saturated heterocycles. The quantitative estimate of drug-likeness (QED) is 0.112. The summed E-state index contributed by atoms with van der Waals surface area (Å²) < 4.78 is 0. The van der Waals surface area contributed by atoms with Gasteiger partial charge in [-0.05, 0) is 50.2 Å². The molecule has 0 rings (SSSR count). The summed E-state index contributed by atoms with van der Waals surface area (Å²) in [6.45, 7) is 3.91. The van der Waals surface area contributed by atoms with Crippen molar-refractivity contribution in [2.45, 2.75) is 63.7 Å². The first kappa shape index (κ1) is 29.5. The third-order valence-electron chi connectivity index (χ3n) is 4.59. The lowest BCUT2D eigenvalue weighted by molar-refractivity contribution is -0.142. The Hall–Kier alpha value is -1.50. The second-order valence-electron chi connectivity index (χ2n) is 7.55. The van der Waals surface area contributed by atoms with E-state index in [1.165, 1.54) is 11.8 Å². The van der Waals surface area contributed by atoms with E-state index >= 15 is 0 Å². The number of carboxylic acid groups (broad SMARTS) is 1. The van der Waals surface area contributed by atoms with Gasteiger partial charge in [-0.1, -0.05) is 13.8 Å². The zero-order valence-corrected chi connectivity index (χ0v) is 20.1. The zero-order chi connectivity index (χ0) is 24.0. The van der Waals surface area contributed by atoms with Crippen LogP contribution in [0.5, 0.6) is 0 Å².